The van der Waals surface area contributed by atoms with Gasteiger partial charge in [0.2, 0.25) is 10.0 Å². The van der Waals surface area contributed by atoms with Crippen molar-refractivity contribution in [1.29, 1.82) is 0 Å². The van der Waals surface area contributed by atoms with Gasteiger partial charge in [-0.2, -0.15) is 0 Å². The summed E-state index contributed by atoms with van der Waals surface area (Å²) in [6, 6.07) is -0.308. The molecule has 0 saturated heterocycles. The summed E-state index contributed by atoms with van der Waals surface area (Å²) < 4.78 is 23.8. The summed E-state index contributed by atoms with van der Waals surface area (Å²) >= 11 is 1.57. The maximum atomic E-state index is 11.4. The molecule has 9 heteroatoms. The van der Waals surface area contributed by atoms with Gasteiger partial charge < -0.3 is 10.6 Å². The summed E-state index contributed by atoms with van der Waals surface area (Å²) in [5, 5.41) is 5.26. The number of carbonyl (C=O) groups excluding carboxylic acids is 1. The Kier molecular flexibility index (Phi) is 6.19. The lowest BCUT2D eigenvalue weighted by atomic mass is 10.3. The van der Waals surface area contributed by atoms with Crippen molar-refractivity contribution in [3.05, 3.63) is 16.1 Å². The fourth-order valence-electron chi connectivity index (χ4n) is 1.33. The first-order valence-electron chi connectivity index (χ1n) is 5.74. The second-order valence-corrected chi connectivity index (χ2v) is 6.73. The molecule has 7 nitrogen and oxygen atoms in total. The van der Waals surface area contributed by atoms with E-state index in [1.807, 2.05) is 6.92 Å². The number of hydrogen-bond donors (Lipinski definition) is 3. The lowest BCUT2D eigenvalue weighted by Gasteiger charge is -2.07. The number of aromatic nitrogens is 1. The number of aryl methyl sites for hydroxylation is 1. The van der Waals surface area contributed by atoms with Crippen molar-refractivity contribution in [1.82, 2.24) is 20.3 Å². The second kappa shape index (κ2) is 7.41. The van der Waals surface area contributed by atoms with E-state index in [1.165, 1.54) is 0 Å². The molecule has 1 rings (SSSR count). The average Bonchev–Trinajstić information content (AvgIpc) is 2.70. The molecule has 0 spiro atoms. The van der Waals surface area contributed by atoms with Gasteiger partial charge in [0.1, 0.15) is 0 Å². The molecule has 0 aliphatic rings. The second-order valence-electron chi connectivity index (χ2n) is 3.96. The van der Waals surface area contributed by atoms with Gasteiger partial charge in [-0.3, -0.25) is 0 Å². The third kappa shape index (κ3) is 7.09. The minimum Gasteiger partial charge on any atom is -0.338 e. The summed E-state index contributed by atoms with van der Waals surface area (Å²) in [4.78, 5) is 16.6. The largest absolute Gasteiger partial charge is 0.338 e. The van der Waals surface area contributed by atoms with Gasteiger partial charge >= 0.3 is 6.03 Å². The van der Waals surface area contributed by atoms with Gasteiger partial charge in [0.15, 0.2) is 0 Å². The van der Waals surface area contributed by atoms with E-state index in [4.69, 9.17) is 0 Å². The van der Waals surface area contributed by atoms with Gasteiger partial charge in [-0.1, -0.05) is 0 Å². The summed E-state index contributed by atoms with van der Waals surface area (Å²) in [7, 11) is -3.20. The Bertz CT molecular complexity index is 513. The summed E-state index contributed by atoms with van der Waals surface area (Å²) in [6.07, 6.45) is 1.82. The minimum atomic E-state index is -3.20. The van der Waals surface area contributed by atoms with Gasteiger partial charge in [-0.25, -0.2) is 22.9 Å². The van der Waals surface area contributed by atoms with Crippen LogP contribution in [0.2, 0.25) is 0 Å². The highest BCUT2D eigenvalue weighted by atomic mass is 32.2. The van der Waals surface area contributed by atoms with Crippen LogP contribution in [-0.4, -0.2) is 45.3 Å². The molecule has 1 aromatic rings. The molecule has 2 amide bonds. The van der Waals surface area contributed by atoms with Crippen LogP contribution in [0.3, 0.4) is 0 Å². The molecule has 0 bridgehead atoms. The van der Waals surface area contributed by atoms with E-state index in [9.17, 15) is 13.2 Å². The van der Waals surface area contributed by atoms with Crippen LogP contribution in [-0.2, 0) is 16.4 Å². The quantitative estimate of drug-likeness (QED) is 0.610. The molecular formula is C10H18N4O3S2. The minimum absolute atomic E-state index is 0.181. The highest BCUT2D eigenvalue weighted by Gasteiger charge is 2.04. The summed E-state index contributed by atoms with van der Waals surface area (Å²) in [5.41, 5.74) is 2.77. The topological polar surface area (TPSA) is 100 Å². The van der Waals surface area contributed by atoms with Gasteiger partial charge in [0.05, 0.1) is 17.5 Å². The Morgan fingerprint density at radius 2 is 2.00 bits per heavy atom. The van der Waals surface area contributed by atoms with Crippen LogP contribution < -0.4 is 15.4 Å². The van der Waals surface area contributed by atoms with Crippen molar-refractivity contribution in [3.63, 3.8) is 0 Å². The van der Waals surface area contributed by atoms with Crippen LogP contribution in [0, 0.1) is 6.92 Å². The molecule has 19 heavy (non-hydrogen) atoms. The van der Waals surface area contributed by atoms with E-state index in [1.54, 1.807) is 16.8 Å². The Hall–Kier alpha value is -1.19. The monoisotopic (exact) mass is 306 g/mol. The number of nitrogens with zero attached hydrogens (tertiary/aromatic N) is 1. The zero-order chi connectivity index (χ0) is 14.3. The van der Waals surface area contributed by atoms with Crippen LogP contribution in [0.15, 0.2) is 5.51 Å². The maximum absolute atomic E-state index is 11.4. The van der Waals surface area contributed by atoms with E-state index >= 15 is 0 Å². The Morgan fingerprint density at radius 3 is 2.58 bits per heavy atom. The fourth-order valence-corrected chi connectivity index (χ4v) is 2.58. The molecule has 0 radical (unpaired) electrons. The molecule has 0 aliphatic carbocycles. The first-order valence-corrected chi connectivity index (χ1v) is 8.51. The highest BCUT2D eigenvalue weighted by molar-refractivity contribution is 7.88. The third-order valence-electron chi connectivity index (χ3n) is 2.26. The Labute approximate surface area is 116 Å². The molecule has 1 aromatic heterocycles. The van der Waals surface area contributed by atoms with Crippen LogP contribution in [0.25, 0.3) is 0 Å². The SMILES string of the molecule is Cc1ncsc1CCNC(=O)NCCNS(C)(=O)=O. The van der Waals surface area contributed by atoms with Crippen molar-refractivity contribution in [2.75, 3.05) is 25.9 Å². The maximum Gasteiger partial charge on any atom is 0.314 e. The Morgan fingerprint density at radius 1 is 1.32 bits per heavy atom. The number of rotatable bonds is 7. The van der Waals surface area contributed by atoms with Crippen molar-refractivity contribution in [2.24, 2.45) is 0 Å². The van der Waals surface area contributed by atoms with Crippen molar-refractivity contribution in [2.45, 2.75) is 13.3 Å². The van der Waals surface area contributed by atoms with Crippen LogP contribution in [0.1, 0.15) is 10.6 Å². The Balaban J connectivity index is 2.10. The predicted molar refractivity (Wildman–Crippen MR) is 74.8 cm³/mol. The van der Waals surface area contributed by atoms with E-state index in [0.29, 0.717) is 6.54 Å². The number of urea groups is 1. The molecule has 0 atom stereocenters. The number of sulfonamides is 1. The van der Waals surface area contributed by atoms with Crippen LogP contribution in [0.4, 0.5) is 4.79 Å². The van der Waals surface area contributed by atoms with E-state index in [-0.39, 0.29) is 19.1 Å². The smallest absolute Gasteiger partial charge is 0.314 e. The fraction of sp³-hybridized carbons (Fsp3) is 0.600. The normalized spacial score (nSPS) is 11.3. The molecule has 0 aromatic carbocycles. The molecular weight excluding hydrogens is 288 g/mol. The first kappa shape index (κ1) is 15.9. The van der Waals surface area contributed by atoms with Crippen LogP contribution >= 0.6 is 11.3 Å². The third-order valence-corrected chi connectivity index (χ3v) is 3.98. The first-order chi connectivity index (χ1) is 8.88. The molecule has 0 fully saturated rings. The number of amides is 2. The van der Waals surface area contributed by atoms with E-state index in [0.717, 1.165) is 23.2 Å². The standard InChI is InChI=1S/C10H18N4O3S2/c1-8-9(18-7-13-8)3-4-11-10(15)12-5-6-14-19(2,16)17/h7,14H,3-6H2,1-2H3,(H2,11,12,15). The molecule has 0 aliphatic heterocycles. The molecule has 1 heterocycles. The number of nitrogens with one attached hydrogen (secondary N) is 3. The van der Waals surface area contributed by atoms with Gasteiger partial charge in [-0.15, -0.1) is 11.3 Å². The summed E-state index contributed by atoms with van der Waals surface area (Å²) in [5.74, 6) is 0. The van der Waals surface area contributed by atoms with Crippen molar-refractivity contribution >= 4 is 27.4 Å². The van der Waals surface area contributed by atoms with E-state index in [2.05, 4.69) is 20.3 Å². The summed E-state index contributed by atoms with van der Waals surface area (Å²) in [6.45, 7) is 2.88. The van der Waals surface area contributed by atoms with Crippen molar-refractivity contribution < 1.29 is 13.2 Å². The van der Waals surface area contributed by atoms with Crippen LogP contribution in [0.5, 0.6) is 0 Å². The lowest BCUT2D eigenvalue weighted by molar-refractivity contribution is 0.241. The molecule has 0 unspecified atom stereocenters. The number of hydrogen-bond acceptors (Lipinski definition) is 5. The van der Waals surface area contributed by atoms with Crippen molar-refractivity contribution in [3.8, 4) is 0 Å². The highest BCUT2D eigenvalue weighted by Crippen LogP contribution is 2.11. The predicted octanol–water partition coefficient (Wildman–Crippen LogP) is -0.158. The molecule has 108 valence electrons. The zero-order valence-corrected chi connectivity index (χ0v) is 12.5. The molecule has 0 saturated carbocycles. The van der Waals surface area contributed by atoms with Gasteiger partial charge in [-0.05, 0) is 6.92 Å². The average molecular weight is 306 g/mol. The lowest BCUT2D eigenvalue weighted by Crippen LogP contribution is -2.40. The molecule has 3 N–H and O–H groups in total. The number of thiazole rings is 1. The zero-order valence-electron chi connectivity index (χ0n) is 10.9. The van der Waals surface area contributed by atoms with Gasteiger partial charge in [0.25, 0.3) is 0 Å². The number of carbonyl (C=O) groups is 1. The van der Waals surface area contributed by atoms with Gasteiger partial charge in [0, 0.05) is 30.9 Å². The van der Waals surface area contributed by atoms with E-state index < -0.39 is 10.0 Å².